The zero-order valence-electron chi connectivity index (χ0n) is 15.6. The highest BCUT2D eigenvalue weighted by molar-refractivity contribution is 7.98. The van der Waals surface area contributed by atoms with Crippen LogP contribution in [-0.2, 0) is 5.75 Å². The van der Waals surface area contributed by atoms with Crippen LogP contribution in [0.5, 0.6) is 0 Å². The van der Waals surface area contributed by atoms with Crippen LogP contribution in [0.4, 0.5) is 5.95 Å². The summed E-state index contributed by atoms with van der Waals surface area (Å²) in [7, 11) is 0. The number of aromatic nitrogens is 3. The van der Waals surface area contributed by atoms with Crippen LogP contribution < -0.4 is 4.90 Å². The van der Waals surface area contributed by atoms with E-state index in [0.29, 0.717) is 13.1 Å². The molecule has 3 aromatic rings. The smallest absolute Gasteiger partial charge is 0.255 e. The second-order valence-corrected chi connectivity index (χ2v) is 8.55. The van der Waals surface area contributed by atoms with Crippen molar-refractivity contribution in [3.05, 3.63) is 64.4 Å². The Hall–Kier alpha value is -2.45. The first kappa shape index (κ1) is 18.9. The van der Waals surface area contributed by atoms with Gasteiger partial charge in [-0.05, 0) is 25.1 Å². The second kappa shape index (κ2) is 8.70. The third-order valence-electron chi connectivity index (χ3n) is 4.56. The number of carbonyl (C=O) groups excluding carboxylic acids is 1. The lowest BCUT2D eigenvalue weighted by molar-refractivity contribution is 0.0742. The molecule has 2 aromatic heterocycles. The quantitative estimate of drug-likeness (QED) is 0.599. The van der Waals surface area contributed by atoms with E-state index in [4.69, 9.17) is 0 Å². The van der Waals surface area contributed by atoms with Crippen molar-refractivity contribution < 1.29 is 4.79 Å². The standard InChI is InChI=1S/C20H21N5OS2/c1-15-23-16(13-27-15)14-28-18-6-3-2-5-17(18)19(26)24-9-11-25(12-10-24)20-21-7-4-8-22-20/h2-8,13H,9-12,14H2,1H3. The Bertz CT molecular complexity index is 939. The van der Waals surface area contributed by atoms with Crippen LogP contribution in [0.25, 0.3) is 0 Å². The van der Waals surface area contributed by atoms with Gasteiger partial charge in [0.15, 0.2) is 0 Å². The Kier molecular flexibility index (Phi) is 5.87. The molecule has 144 valence electrons. The summed E-state index contributed by atoms with van der Waals surface area (Å²) >= 11 is 3.33. The number of carbonyl (C=O) groups is 1. The van der Waals surface area contributed by atoms with Gasteiger partial charge in [-0.15, -0.1) is 23.1 Å². The third-order valence-corrected chi connectivity index (χ3v) is 6.49. The van der Waals surface area contributed by atoms with Gasteiger partial charge >= 0.3 is 0 Å². The fraction of sp³-hybridized carbons (Fsp3) is 0.300. The van der Waals surface area contributed by atoms with Crippen molar-refractivity contribution >= 4 is 35.0 Å². The molecule has 1 aromatic carbocycles. The molecule has 0 atom stereocenters. The number of nitrogens with zero attached hydrogens (tertiary/aromatic N) is 5. The van der Waals surface area contributed by atoms with Gasteiger partial charge in [-0.1, -0.05) is 12.1 Å². The molecular weight excluding hydrogens is 390 g/mol. The predicted molar refractivity (Wildman–Crippen MR) is 113 cm³/mol. The van der Waals surface area contributed by atoms with Crippen LogP contribution in [0.3, 0.4) is 0 Å². The summed E-state index contributed by atoms with van der Waals surface area (Å²) in [6.07, 6.45) is 3.49. The summed E-state index contributed by atoms with van der Waals surface area (Å²) in [5, 5.41) is 3.15. The fourth-order valence-corrected chi connectivity index (χ4v) is 4.78. The molecule has 3 heterocycles. The van der Waals surface area contributed by atoms with Gasteiger partial charge in [-0.2, -0.15) is 0 Å². The summed E-state index contributed by atoms with van der Waals surface area (Å²) in [5.74, 6) is 1.59. The topological polar surface area (TPSA) is 62.2 Å². The molecule has 4 rings (SSSR count). The zero-order chi connectivity index (χ0) is 19.3. The van der Waals surface area contributed by atoms with Crippen molar-refractivity contribution in [3.63, 3.8) is 0 Å². The molecule has 1 saturated heterocycles. The van der Waals surface area contributed by atoms with Crippen molar-refractivity contribution in [2.24, 2.45) is 0 Å². The highest BCUT2D eigenvalue weighted by Crippen LogP contribution is 2.28. The summed E-state index contributed by atoms with van der Waals surface area (Å²) in [6, 6.07) is 9.66. The summed E-state index contributed by atoms with van der Waals surface area (Å²) in [4.78, 5) is 31.3. The summed E-state index contributed by atoms with van der Waals surface area (Å²) < 4.78 is 0. The van der Waals surface area contributed by atoms with Crippen LogP contribution in [0, 0.1) is 6.92 Å². The molecule has 1 amide bonds. The Morgan fingerprint density at radius 3 is 2.57 bits per heavy atom. The van der Waals surface area contributed by atoms with Crippen molar-refractivity contribution in [3.8, 4) is 0 Å². The highest BCUT2D eigenvalue weighted by Gasteiger charge is 2.24. The van der Waals surface area contributed by atoms with Crippen molar-refractivity contribution in [1.29, 1.82) is 0 Å². The Balaban J connectivity index is 1.41. The van der Waals surface area contributed by atoms with Gasteiger partial charge in [0.05, 0.1) is 16.3 Å². The Labute approximate surface area is 172 Å². The number of hydrogen-bond donors (Lipinski definition) is 0. The average Bonchev–Trinajstić information content (AvgIpc) is 3.18. The SMILES string of the molecule is Cc1nc(CSc2ccccc2C(=O)N2CCN(c3ncccn3)CC2)cs1. The number of hydrogen-bond acceptors (Lipinski definition) is 7. The first-order valence-electron chi connectivity index (χ1n) is 9.15. The van der Waals surface area contributed by atoms with E-state index in [1.165, 1.54) is 0 Å². The molecule has 1 aliphatic heterocycles. The van der Waals surface area contributed by atoms with Crippen molar-refractivity contribution in [2.75, 3.05) is 31.1 Å². The predicted octanol–water partition coefficient (Wildman–Crippen LogP) is 3.50. The van der Waals surface area contributed by atoms with Gasteiger partial charge in [0, 0.05) is 54.6 Å². The van der Waals surface area contributed by atoms with Gasteiger partial charge in [0.1, 0.15) is 0 Å². The number of thiazole rings is 1. The minimum absolute atomic E-state index is 0.0891. The minimum Gasteiger partial charge on any atom is -0.337 e. The normalized spacial score (nSPS) is 14.3. The fourth-order valence-electron chi connectivity index (χ4n) is 3.13. The molecular formula is C20H21N5OS2. The maximum Gasteiger partial charge on any atom is 0.255 e. The van der Waals surface area contributed by atoms with Crippen molar-refractivity contribution in [1.82, 2.24) is 19.9 Å². The van der Waals surface area contributed by atoms with Crippen LogP contribution in [-0.4, -0.2) is 51.9 Å². The lowest BCUT2D eigenvalue weighted by Gasteiger charge is -2.35. The van der Waals surface area contributed by atoms with Gasteiger partial charge in [-0.3, -0.25) is 4.79 Å². The monoisotopic (exact) mass is 411 g/mol. The Morgan fingerprint density at radius 1 is 1.11 bits per heavy atom. The molecule has 0 bridgehead atoms. The number of benzene rings is 1. The molecule has 1 fully saturated rings. The average molecular weight is 412 g/mol. The maximum atomic E-state index is 13.1. The minimum atomic E-state index is 0.0891. The Morgan fingerprint density at radius 2 is 1.86 bits per heavy atom. The maximum absolute atomic E-state index is 13.1. The van der Waals surface area contributed by atoms with E-state index in [1.807, 2.05) is 42.2 Å². The lowest BCUT2D eigenvalue weighted by atomic mass is 10.2. The number of thioether (sulfide) groups is 1. The van der Waals surface area contributed by atoms with E-state index in [-0.39, 0.29) is 5.91 Å². The number of anilines is 1. The molecule has 0 N–H and O–H groups in total. The number of aryl methyl sites for hydroxylation is 1. The van der Waals surface area contributed by atoms with E-state index in [1.54, 1.807) is 35.5 Å². The summed E-state index contributed by atoms with van der Waals surface area (Å²) in [5.41, 5.74) is 1.83. The van der Waals surface area contributed by atoms with E-state index < -0.39 is 0 Å². The highest BCUT2D eigenvalue weighted by atomic mass is 32.2. The van der Waals surface area contributed by atoms with Crippen LogP contribution in [0.1, 0.15) is 21.1 Å². The number of piperazine rings is 1. The van der Waals surface area contributed by atoms with Gasteiger partial charge in [-0.25, -0.2) is 15.0 Å². The first-order chi connectivity index (χ1) is 13.7. The molecule has 1 aliphatic rings. The molecule has 0 radical (unpaired) electrons. The molecule has 6 nitrogen and oxygen atoms in total. The largest absolute Gasteiger partial charge is 0.337 e. The van der Waals surface area contributed by atoms with Gasteiger partial charge in [0.2, 0.25) is 5.95 Å². The molecule has 0 saturated carbocycles. The van der Waals surface area contributed by atoms with E-state index in [9.17, 15) is 4.79 Å². The second-order valence-electron chi connectivity index (χ2n) is 6.47. The molecule has 0 unspecified atom stereocenters. The first-order valence-corrected chi connectivity index (χ1v) is 11.0. The summed E-state index contributed by atoms with van der Waals surface area (Å²) in [6.45, 7) is 4.82. The number of amides is 1. The van der Waals surface area contributed by atoms with Gasteiger partial charge < -0.3 is 9.80 Å². The van der Waals surface area contributed by atoms with E-state index >= 15 is 0 Å². The van der Waals surface area contributed by atoms with E-state index in [0.717, 1.165) is 46.0 Å². The molecule has 28 heavy (non-hydrogen) atoms. The lowest BCUT2D eigenvalue weighted by Crippen LogP contribution is -2.49. The van der Waals surface area contributed by atoms with Gasteiger partial charge in [0.25, 0.3) is 5.91 Å². The molecule has 0 aliphatic carbocycles. The molecule has 0 spiro atoms. The van der Waals surface area contributed by atoms with Crippen LogP contribution in [0.15, 0.2) is 53.0 Å². The van der Waals surface area contributed by atoms with E-state index in [2.05, 4.69) is 25.2 Å². The molecule has 8 heteroatoms. The van der Waals surface area contributed by atoms with Crippen LogP contribution >= 0.6 is 23.1 Å². The third kappa shape index (κ3) is 4.34. The van der Waals surface area contributed by atoms with Crippen molar-refractivity contribution in [2.45, 2.75) is 17.6 Å². The van der Waals surface area contributed by atoms with Crippen LogP contribution in [0.2, 0.25) is 0 Å². The zero-order valence-corrected chi connectivity index (χ0v) is 17.2. The number of rotatable bonds is 5.